The minimum atomic E-state index is -0.00868. The maximum Gasteiger partial charge on any atom is 0.137 e. The van der Waals surface area contributed by atoms with Crippen molar-refractivity contribution < 1.29 is 0 Å². The minimum absolute atomic E-state index is 0.00868. The monoisotopic (exact) mass is 154 g/mol. The molecular weight excluding hydrogens is 140 g/mol. The maximum absolute atomic E-state index is 5.46. The summed E-state index contributed by atoms with van der Waals surface area (Å²) in [5, 5.41) is 4.06. The molecule has 0 aromatic carbocycles. The molecule has 1 rings (SSSR count). The quantitative estimate of drug-likeness (QED) is 0.684. The Morgan fingerprint density at radius 1 is 1.55 bits per heavy atom. The molecule has 62 valence electrons. The molecule has 1 heterocycles. The second-order valence-corrected chi connectivity index (χ2v) is 3.19. The summed E-state index contributed by atoms with van der Waals surface area (Å²) in [6.07, 6.45) is 4.17. The first-order valence-electron chi connectivity index (χ1n) is 3.72. The standard InChI is InChI=1S/C7H14N4/c1-7(2,3-4-8)11-6-9-5-10-11/h5-6H,3-4,8H2,1-2H3. The molecule has 0 bridgehead atoms. The summed E-state index contributed by atoms with van der Waals surface area (Å²) in [6.45, 7) is 4.86. The van der Waals surface area contributed by atoms with Crippen molar-refractivity contribution in [1.29, 1.82) is 0 Å². The van der Waals surface area contributed by atoms with Gasteiger partial charge in [-0.25, -0.2) is 9.67 Å². The van der Waals surface area contributed by atoms with Gasteiger partial charge in [-0.05, 0) is 26.8 Å². The average molecular weight is 154 g/mol. The van der Waals surface area contributed by atoms with E-state index in [1.807, 2.05) is 4.68 Å². The molecule has 0 aliphatic heterocycles. The smallest absolute Gasteiger partial charge is 0.137 e. The fourth-order valence-electron chi connectivity index (χ4n) is 0.989. The molecule has 0 fully saturated rings. The zero-order chi connectivity index (χ0) is 8.32. The lowest BCUT2D eigenvalue weighted by atomic mass is 10.0. The van der Waals surface area contributed by atoms with E-state index >= 15 is 0 Å². The normalized spacial score (nSPS) is 11.9. The van der Waals surface area contributed by atoms with Gasteiger partial charge in [0.15, 0.2) is 0 Å². The van der Waals surface area contributed by atoms with Crippen molar-refractivity contribution in [3.63, 3.8) is 0 Å². The Balaban J connectivity index is 2.73. The lowest BCUT2D eigenvalue weighted by Crippen LogP contribution is -2.29. The summed E-state index contributed by atoms with van der Waals surface area (Å²) in [5.74, 6) is 0. The van der Waals surface area contributed by atoms with E-state index in [1.54, 1.807) is 6.33 Å². The fourth-order valence-corrected chi connectivity index (χ4v) is 0.989. The Hall–Kier alpha value is -0.900. The summed E-state index contributed by atoms with van der Waals surface area (Å²) in [4.78, 5) is 3.88. The van der Waals surface area contributed by atoms with Gasteiger partial charge < -0.3 is 5.73 Å². The molecule has 4 heteroatoms. The van der Waals surface area contributed by atoms with Crippen LogP contribution in [0.25, 0.3) is 0 Å². The first-order valence-corrected chi connectivity index (χ1v) is 3.72. The number of hydrogen-bond acceptors (Lipinski definition) is 3. The molecule has 0 amide bonds. The zero-order valence-corrected chi connectivity index (χ0v) is 6.99. The summed E-state index contributed by atoms with van der Waals surface area (Å²) >= 11 is 0. The Bertz CT molecular complexity index is 202. The van der Waals surface area contributed by atoms with E-state index in [4.69, 9.17) is 5.73 Å². The van der Waals surface area contributed by atoms with E-state index in [-0.39, 0.29) is 5.54 Å². The molecule has 1 aromatic rings. The van der Waals surface area contributed by atoms with Crippen molar-refractivity contribution in [2.75, 3.05) is 6.54 Å². The lowest BCUT2D eigenvalue weighted by molar-refractivity contribution is 0.299. The first kappa shape index (κ1) is 8.20. The van der Waals surface area contributed by atoms with E-state index in [0.29, 0.717) is 6.54 Å². The number of aromatic nitrogens is 3. The minimum Gasteiger partial charge on any atom is -0.330 e. The Labute approximate surface area is 66.4 Å². The zero-order valence-electron chi connectivity index (χ0n) is 6.99. The highest BCUT2D eigenvalue weighted by molar-refractivity contribution is 4.76. The second-order valence-electron chi connectivity index (χ2n) is 3.19. The molecule has 11 heavy (non-hydrogen) atoms. The Morgan fingerprint density at radius 2 is 2.27 bits per heavy atom. The summed E-state index contributed by atoms with van der Waals surface area (Å²) < 4.78 is 1.83. The number of rotatable bonds is 3. The van der Waals surface area contributed by atoms with Crippen molar-refractivity contribution in [3.05, 3.63) is 12.7 Å². The van der Waals surface area contributed by atoms with Gasteiger partial charge in [-0.2, -0.15) is 5.10 Å². The van der Waals surface area contributed by atoms with Crippen molar-refractivity contribution in [2.24, 2.45) is 5.73 Å². The third kappa shape index (κ3) is 1.77. The second kappa shape index (κ2) is 3.00. The predicted molar refractivity (Wildman–Crippen MR) is 43.0 cm³/mol. The molecule has 4 nitrogen and oxygen atoms in total. The summed E-state index contributed by atoms with van der Waals surface area (Å²) in [5.41, 5.74) is 5.45. The van der Waals surface area contributed by atoms with Gasteiger partial charge in [0.25, 0.3) is 0 Å². The van der Waals surface area contributed by atoms with Crippen molar-refractivity contribution >= 4 is 0 Å². The Morgan fingerprint density at radius 3 is 2.73 bits per heavy atom. The number of nitrogens with two attached hydrogens (primary N) is 1. The van der Waals surface area contributed by atoms with Gasteiger partial charge in [0.1, 0.15) is 12.7 Å². The highest BCUT2D eigenvalue weighted by atomic mass is 15.3. The van der Waals surface area contributed by atoms with Crippen molar-refractivity contribution in [2.45, 2.75) is 25.8 Å². The van der Waals surface area contributed by atoms with E-state index in [2.05, 4.69) is 23.9 Å². The number of hydrogen-bond donors (Lipinski definition) is 1. The van der Waals surface area contributed by atoms with Crippen LogP contribution < -0.4 is 5.73 Å². The molecule has 0 spiro atoms. The van der Waals surface area contributed by atoms with Crippen LogP contribution in [-0.2, 0) is 5.54 Å². The molecule has 0 saturated carbocycles. The van der Waals surface area contributed by atoms with Gasteiger partial charge in [-0.15, -0.1) is 0 Å². The highest BCUT2D eigenvalue weighted by Crippen LogP contribution is 2.15. The molecule has 0 atom stereocenters. The van der Waals surface area contributed by atoms with Gasteiger partial charge in [0.2, 0.25) is 0 Å². The van der Waals surface area contributed by atoms with Gasteiger partial charge in [-0.3, -0.25) is 0 Å². The number of nitrogens with zero attached hydrogens (tertiary/aromatic N) is 3. The van der Waals surface area contributed by atoms with Crippen molar-refractivity contribution in [1.82, 2.24) is 14.8 Å². The van der Waals surface area contributed by atoms with Crippen LogP contribution in [0.4, 0.5) is 0 Å². The Kier molecular flexibility index (Phi) is 2.24. The predicted octanol–water partition coefficient (Wildman–Crippen LogP) is 0.362. The van der Waals surface area contributed by atoms with E-state index in [1.165, 1.54) is 6.33 Å². The van der Waals surface area contributed by atoms with Crippen LogP contribution in [0.2, 0.25) is 0 Å². The molecule has 0 aliphatic carbocycles. The van der Waals surface area contributed by atoms with Crippen LogP contribution in [-0.4, -0.2) is 21.3 Å². The summed E-state index contributed by atoms with van der Waals surface area (Å²) in [6, 6.07) is 0. The topological polar surface area (TPSA) is 56.7 Å². The molecule has 1 aromatic heterocycles. The van der Waals surface area contributed by atoms with E-state index < -0.39 is 0 Å². The average Bonchev–Trinajstić information content (AvgIpc) is 2.37. The van der Waals surface area contributed by atoms with Crippen LogP contribution in [0.5, 0.6) is 0 Å². The lowest BCUT2D eigenvalue weighted by Gasteiger charge is -2.23. The fraction of sp³-hybridized carbons (Fsp3) is 0.714. The third-order valence-electron chi connectivity index (χ3n) is 1.80. The molecule has 2 N–H and O–H groups in total. The van der Waals surface area contributed by atoms with E-state index in [9.17, 15) is 0 Å². The van der Waals surface area contributed by atoms with Crippen LogP contribution in [0.3, 0.4) is 0 Å². The van der Waals surface area contributed by atoms with Gasteiger partial charge >= 0.3 is 0 Å². The SMILES string of the molecule is CC(C)(CCN)n1cncn1. The van der Waals surface area contributed by atoms with Crippen LogP contribution in [0.1, 0.15) is 20.3 Å². The van der Waals surface area contributed by atoms with Gasteiger partial charge in [-0.1, -0.05) is 0 Å². The van der Waals surface area contributed by atoms with Crippen LogP contribution >= 0.6 is 0 Å². The van der Waals surface area contributed by atoms with Gasteiger partial charge in [0, 0.05) is 0 Å². The van der Waals surface area contributed by atoms with Gasteiger partial charge in [0.05, 0.1) is 5.54 Å². The summed E-state index contributed by atoms with van der Waals surface area (Å²) in [7, 11) is 0. The van der Waals surface area contributed by atoms with Crippen molar-refractivity contribution in [3.8, 4) is 0 Å². The molecule has 0 radical (unpaired) electrons. The molecular formula is C7H14N4. The highest BCUT2D eigenvalue weighted by Gasteiger charge is 2.18. The molecule has 0 unspecified atom stereocenters. The maximum atomic E-state index is 5.46. The van der Waals surface area contributed by atoms with Crippen LogP contribution in [0, 0.1) is 0 Å². The molecule has 0 aliphatic rings. The van der Waals surface area contributed by atoms with E-state index in [0.717, 1.165) is 6.42 Å². The van der Waals surface area contributed by atoms with Crippen LogP contribution in [0.15, 0.2) is 12.7 Å². The molecule has 0 saturated heterocycles. The largest absolute Gasteiger partial charge is 0.330 e. The third-order valence-corrected chi connectivity index (χ3v) is 1.80. The first-order chi connectivity index (χ1) is 5.17.